The normalized spacial score (nSPS) is 20.7. The van der Waals surface area contributed by atoms with Gasteiger partial charge in [-0.1, -0.05) is 0 Å². The van der Waals surface area contributed by atoms with Crippen molar-refractivity contribution in [3.05, 3.63) is 22.3 Å². The van der Waals surface area contributed by atoms with Crippen LogP contribution in [0, 0.1) is 0 Å². The highest BCUT2D eigenvalue weighted by Gasteiger charge is 2.39. The standard InChI is InChI=1S/C26H36N2O6/c29-23-19-9-1-2-10-20(19)24(30)27(23)13-7-17-33-15-5-6-16-34-18-8-14-28-25(31)21-11-3-4-12-22(21)26(28)32/h1-18H2. The fourth-order valence-electron chi connectivity index (χ4n) is 5.26. The van der Waals surface area contributed by atoms with Gasteiger partial charge in [0, 0.05) is 61.8 Å². The second kappa shape index (κ2) is 11.9. The van der Waals surface area contributed by atoms with Gasteiger partial charge < -0.3 is 9.47 Å². The molecule has 0 atom stereocenters. The molecule has 4 aliphatic rings. The first kappa shape index (κ1) is 24.8. The lowest BCUT2D eigenvalue weighted by atomic mass is 9.93. The van der Waals surface area contributed by atoms with Crippen LogP contribution in [-0.4, -0.2) is 72.9 Å². The van der Waals surface area contributed by atoms with Crippen molar-refractivity contribution in [2.24, 2.45) is 0 Å². The van der Waals surface area contributed by atoms with Crippen LogP contribution < -0.4 is 0 Å². The third-order valence-electron chi connectivity index (χ3n) is 7.12. The number of ether oxygens (including phenoxy) is 2. The van der Waals surface area contributed by atoms with E-state index in [1.165, 1.54) is 9.80 Å². The molecule has 0 saturated heterocycles. The zero-order valence-corrected chi connectivity index (χ0v) is 20.1. The summed E-state index contributed by atoms with van der Waals surface area (Å²) in [6.07, 6.45) is 9.99. The average molecular weight is 473 g/mol. The maximum atomic E-state index is 12.4. The number of hydrogen-bond acceptors (Lipinski definition) is 6. The molecule has 4 rings (SSSR count). The lowest BCUT2D eigenvalue weighted by molar-refractivity contribution is -0.139. The van der Waals surface area contributed by atoms with Gasteiger partial charge in [-0.2, -0.15) is 0 Å². The summed E-state index contributed by atoms with van der Waals surface area (Å²) in [5.41, 5.74) is 2.97. The molecule has 0 spiro atoms. The van der Waals surface area contributed by atoms with Gasteiger partial charge >= 0.3 is 0 Å². The number of hydrogen-bond donors (Lipinski definition) is 0. The zero-order chi connectivity index (χ0) is 23.9. The van der Waals surface area contributed by atoms with Crippen molar-refractivity contribution in [1.29, 1.82) is 0 Å². The average Bonchev–Trinajstić information content (AvgIpc) is 3.25. The van der Waals surface area contributed by atoms with Crippen molar-refractivity contribution in [1.82, 2.24) is 9.80 Å². The van der Waals surface area contributed by atoms with Crippen LogP contribution in [0.4, 0.5) is 0 Å². The van der Waals surface area contributed by atoms with E-state index in [4.69, 9.17) is 9.47 Å². The van der Waals surface area contributed by atoms with E-state index in [9.17, 15) is 19.2 Å². The Balaban J connectivity index is 0.978. The minimum atomic E-state index is -0.0915. The van der Waals surface area contributed by atoms with E-state index in [2.05, 4.69) is 0 Å². The van der Waals surface area contributed by atoms with Crippen LogP contribution in [0.1, 0.15) is 77.0 Å². The zero-order valence-electron chi connectivity index (χ0n) is 20.1. The molecule has 2 aliphatic heterocycles. The van der Waals surface area contributed by atoms with Gasteiger partial charge in [-0.25, -0.2) is 0 Å². The Kier molecular flexibility index (Phi) is 8.67. The molecule has 0 aromatic heterocycles. The van der Waals surface area contributed by atoms with E-state index in [0.29, 0.717) is 52.4 Å². The Morgan fingerprint density at radius 1 is 0.471 bits per heavy atom. The third kappa shape index (κ3) is 5.49. The maximum absolute atomic E-state index is 12.4. The van der Waals surface area contributed by atoms with Crippen LogP contribution in [-0.2, 0) is 28.7 Å². The highest BCUT2D eigenvalue weighted by molar-refractivity contribution is 6.20. The number of nitrogens with zero attached hydrogens (tertiary/aromatic N) is 2. The van der Waals surface area contributed by atoms with E-state index in [1.54, 1.807) is 0 Å². The molecule has 0 aromatic carbocycles. The molecule has 4 amide bonds. The van der Waals surface area contributed by atoms with E-state index < -0.39 is 0 Å². The molecule has 0 fully saturated rings. The molecule has 0 N–H and O–H groups in total. The Morgan fingerprint density at radius 2 is 0.765 bits per heavy atom. The number of carbonyl (C=O) groups is 4. The van der Waals surface area contributed by atoms with Crippen molar-refractivity contribution in [3.63, 3.8) is 0 Å². The van der Waals surface area contributed by atoms with Crippen molar-refractivity contribution in [2.45, 2.75) is 77.0 Å². The van der Waals surface area contributed by atoms with Gasteiger partial charge in [-0.15, -0.1) is 0 Å². The van der Waals surface area contributed by atoms with Crippen LogP contribution in [0.5, 0.6) is 0 Å². The van der Waals surface area contributed by atoms with Crippen LogP contribution in [0.2, 0.25) is 0 Å². The number of rotatable bonds is 13. The minimum Gasteiger partial charge on any atom is -0.381 e. The molecule has 2 heterocycles. The van der Waals surface area contributed by atoms with Gasteiger partial charge in [-0.05, 0) is 77.0 Å². The Labute approximate surface area is 201 Å². The Hall–Kier alpha value is -2.32. The van der Waals surface area contributed by atoms with Crippen LogP contribution >= 0.6 is 0 Å². The summed E-state index contributed by atoms with van der Waals surface area (Å²) < 4.78 is 11.3. The van der Waals surface area contributed by atoms with Gasteiger partial charge in [0.05, 0.1) is 0 Å². The fraction of sp³-hybridized carbons (Fsp3) is 0.692. The summed E-state index contributed by atoms with van der Waals surface area (Å²) in [5, 5.41) is 0. The van der Waals surface area contributed by atoms with Crippen molar-refractivity contribution >= 4 is 23.6 Å². The molecule has 2 aliphatic carbocycles. The molecule has 0 bridgehead atoms. The molecule has 8 heteroatoms. The monoisotopic (exact) mass is 472 g/mol. The predicted molar refractivity (Wildman–Crippen MR) is 125 cm³/mol. The lowest BCUT2D eigenvalue weighted by Crippen LogP contribution is -2.33. The molecule has 186 valence electrons. The summed E-state index contributed by atoms with van der Waals surface area (Å²) in [5.74, 6) is -0.366. The molecule has 0 saturated carbocycles. The minimum absolute atomic E-state index is 0.0915. The maximum Gasteiger partial charge on any atom is 0.257 e. The van der Waals surface area contributed by atoms with Gasteiger partial charge in [0.15, 0.2) is 0 Å². The second-order valence-electron chi connectivity index (χ2n) is 9.49. The highest BCUT2D eigenvalue weighted by atomic mass is 16.5. The Bertz CT molecular complexity index is 762. The quantitative estimate of drug-likeness (QED) is 0.302. The third-order valence-corrected chi connectivity index (χ3v) is 7.12. The SMILES string of the molecule is O=C1C2=C(CCCC2)C(=O)N1CCCOCCCCOCCCN1C(=O)C2=C(CCCC2)C1=O. The highest BCUT2D eigenvalue weighted by Crippen LogP contribution is 2.33. The molecule has 0 unspecified atom stereocenters. The summed E-state index contributed by atoms with van der Waals surface area (Å²) >= 11 is 0. The van der Waals surface area contributed by atoms with E-state index in [-0.39, 0.29) is 23.6 Å². The molecule has 0 radical (unpaired) electrons. The fourth-order valence-corrected chi connectivity index (χ4v) is 5.26. The molecule has 8 nitrogen and oxygen atoms in total. The molecule has 0 aromatic rings. The van der Waals surface area contributed by atoms with Crippen molar-refractivity contribution < 1.29 is 28.7 Å². The number of carbonyl (C=O) groups excluding carboxylic acids is 4. The van der Waals surface area contributed by atoms with Crippen LogP contribution in [0.25, 0.3) is 0 Å². The van der Waals surface area contributed by atoms with Gasteiger partial charge in [0.1, 0.15) is 0 Å². The molecular formula is C26H36N2O6. The first-order valence-electron chi connectivity index (χ1n) is 12.9. The summed E-state index contributed by atoms with van der Waals surface area (Å²) in [4.78, 5) is 52.3. The summed E-state index contributed by atoms with van der Waals surface area (Å²) in [7, 11) is 0. The van der Waals surface area contributed by atoms with E-state index in [0.717, 1.165) is 86.5 Å². The predicted octanol–water partition coefficient (Wildman–Crippen LogP) is 3.06. The number of imide groups is 2. The summed E-state index contributed by atoms with van der Waals surface area (Å²) in [6, 6.07) is 0. The molecular weight excluding hydrogens is 436 g/mol. The van der Waals surface area contributed by atoms with E-state index >= 15 is 0 Å². The van der Waals surface area contributed by atoms with Crippen LogP contribution in [0.3, 0.4) is 0 Å². The van der Waals surface area contributed by atoms with Crippen molar-refractivity contribution in [2.75, 3.05) is 39.5 Å². The van der Waals surface area contributed by atoms with Crippen molar-refractivity contribution in [3.8, 4) is 0 Å². The number of amides is 4. The smallest absolute Gasteiger partial charge is 0.257 e. The second-order valence-corrected chi connectivity index (χ2v) is 9.49. The topological polar surface area (TPSA) is 93.2 Å². The Morgan fingerprint density at radius 3 is 1.09 bits per heavy atom. The first-order chi connectivity index (χ1) is 16.6. The van der Waals surface area contributed by atoms with Gasteiger partial charge in [-0.3, -0.25) is 29.0 Å². The van der Waals surface area contributed by atoms with Gasteiger partial charge in [0.25, 0.3) is 23.6 Å². The molecule has 34 heavy (non-hydrogen) atoms. The summed E-state index contributed by atoms with van der Waals surface area (Å²) in [6.45, 7) is 3.14. The first-order valence-corrected chi connectivity index (χ1v) is 12.9. The largest absolute Gasteiger partial charge is 0.381 e. The number of unbranched alkanes of at least 4 members (excludes halogenated alkanes) is 1. The van der Waals surface area contributed by atoms with Crippen LogP contribution in [0.15, 0.2) is 22.3 Å². The van der Waals surface area contributed by atoms with Gasteiger partial charge in [0.2, 0.25) is 0 Å². The van der Waals surface area contributed by atoms with E-state index in [1.807, 2.05) is 0 Å². The lowest BCUT2D eigenvalue weighted by Gasteiger charge is -2.15.